The van der Waals surface area contributed by atoms with Gasteiger partial charge >= 0.3 is 0 Å². The number of aromatic nitrogens is 1. The van der Waals surface area contributed by atoms with Gasteiger partial charge in [0.25, 0.3) is 5.91 Å². The summed E-state index contributed by atoms with van der Waals surface area (Å²) in [6.07, 6.45) is 0. The van der Waals surface area contributed by atoms with E-state index >= 15 is 0 Å². The topological polar surface area (TPSA) is 44.9 Å². The third-order valence-corrected chi connectivity index (χ3v) is 4.98. The molecule has 1 amide bonds. The van der Waals surface area contributed by atoms with E-state index in [2.05, 4.69) is 57.4 Å². The van der Waals surface area contributed by atoms with Crippen molar-refractivity contribution in [2.24, 2.45) is 0 Å². The van der Waals surface area contributed by atoms with Gasteiger partial charge in [-0.3, -0.25) is 4.79 Å². The summed E-state index contributed by atoms with van der Waals surface area (Å²) in [4.78, 5) is 15.7. The molecule has 2 heterocycles. The Labute approximate surface area is 136 Å². The van der Waals surface area contributed by atoms with Crippen LogP contribution in [0.5, 0.6) is 0 Å². The summed E-state index contributed by atoms with van der Waals surface area (Å²) in [7, 11) is 0. The van der Waals surface area contributed by atoms with Gasteiger partial charge in [-0.2, -0.15) is 0 Å². The molecule has 2 aromatic carbocycles. The second kappa shape index (κ2) is 4.99. The van der Waals surface area contributed by atoms with Crippen LogP contribution in [-0.2, 0) is 0 Å². The summed E-state index contributed by atoms with van der Waals surface area (Å²) in [5, 5.41) is 4.08. The number of amides is 1. The van der Waals surface area contributed by atoms with Crippen LogP contribution >= 0.6 is 15.9 Å². The second-order valence-corrected chi connectivity index (χ2v) is 6.55. The van der Waals surface area contributed by atoms with Crippen LogP contribution in [0.25, 0.3) is 10.9 Å². The number of aromatic amines is 1. The molecule has 1 unspecified atom stereocenters. The Hall–Kier alpha value is -2.07. The average Bonchev–Trinajstić information content (AvgIpc) is 2.76. The van der Waals surface area contributed by atoms with Gasteiger partial charge in [-0.15, -0.1) is 0 Å². The molecule has 0 bridgehead atoms. The van der Waals surface area contributed by atoms with Gasteiger partial charge in [-0.05, 0) is 40.5 Å². The van der Waals surface area contributed by atoms with Crippen LogP contribution in [0.1, 0.15) is 33.0 Å². The molecule has 0 saturated heterocycles. The number of halogens is 1. The second-order valence-electron chi connectivity index (χ2n) is 5.75. The lowest BCUT2D eigenvalue weighted by Crippen LogP contribution is -2.26. The predicted octanol–water partition coefficient (Wildman–Crippen LogP) is 4.11. The summed E-state index contributed by atoms with van der Waals surface area (Å²) >= 11 is 3.65. The maximum atomic E-state index is 12.4. The minimum atomic E-state index is -0.00652. The molecule has 0 saturated carbocycles. The van der Waals surface area contributed by atoms with Crippen molar-refractivity contribution in [2.45, 2.75) is 12.8 Å². The van der Waals surface area contributed by atoms with Crippen molar-refractivity contribution in [1.82, 2.24) is 10.3 Å². The highest BCUT2D eigenvalue weighted by Crippen LogP contribution is 2.39. The Bertz CT molecular complexity index is 880. The molecule has 22 heavy (non-hydrogen) atoms. The predicted molar refractivity (Wildman–Crippen MR) is 91.4 cm³/mol. The molecule has 4 rings (SSSR count). The van der Waals surface area contributed by atoms with Crippen LogP contribution in [0, 0.1) is 6.92 Å². The fourth-order valence-electron chi connectivity index (χ4n) is 3.23. The highest BCUT2D eigenvalue weighted by atomic mass is 79.9. The van der Waals surface area contributed by atoms with E-state index in [1.54, 1.807) is 0 Å². The lowest BCUT2D eigenvalue weighted by Gasteiger charge is -2.16. The van der Waals surface area contributed by atoms with Gasteiger partial charge in [0.2, 0.25) is 0 Å². The van der Waals surface area contributed by atoms with Crippen LogP contribution in [0.2, 0.25) is 0 Å². The third-order valence-electron chi connectivity index (χ3n) is 4.35. The molecule has 0 fully saturated rings. The Balaban J connectivity index is 2.00. The number of hydrogen-bond donors (Lipinski definition) is 2. The first-order valence-electron chi connectivity index (χ1n) is 7.30. The standard InChI is InChI=1S/C18H15BrN2O/c1-10-5-7-11(8-6-10)13-9-20-18(22)12-3-2-4-14-15(12)16(13)17(19)21-14/h2-8,13,21H,9H2,1H3,(H,20,22). The van der Waals surface area contributed by atoms with E-state index in [0.717, 1.165) is 26.6 Å². The van der Waals surface area contributed by atoms with Crippen molar-refractivity contribution >= 4 is 32.7 Å². The molecular formula is C18H15BrN2O. The van der Waals surface area contributed by atoms with E-state index in [4.69, 9.17) is 0 Å². The molecular weight excluding hydrogens is 340 g/mol. The Morgan fingerprint density at radius 1 is 1.14 bits per heavy atom. The number of aryl methyl sites for hydroxylation is 1. The molecule has 0 aliphatic carbocycles. The maximum absolute atomic E-state index is 12.4. The van der Waals surface area contributed by atoms with E-state index < -0.39 is 0 Å². The number of benzene rings is 2. The fourth-order valence-corrected chi connectivity index (χ4v) is 3.92. The molecule has 1 atom stereocenters. The number of H-pyrrole nitrogens is 1. The van der Waals surface area contributed by atoms with Crippen molar-refractivity contribution in [3.05, 3.63) is 69.3 Å². The molecule has 2 N–H and O–H groups in total. The molecule has 0 spiro atoms. The molecule has 1 aliphatic rings. The highest BCUT2D eigenvalue weighted by Gasteiger charge is 2.28. The van der Waals surface area contributed by atoms with Gasteiger partial charge in [0.1, 0.15) is 0 Å². The molecule has 3 aromatic rings. The van der Waals surface area contributed by atoms with Crippen LogP contribution in [-0.4, -0.2) is 17.4 Å². The van der Waals surface area contributed by atoms with Crippen molar-refractivity contribution < 1.29 is 4.79 Å². The first kappa shape index (κ1) is 13.6. The van der Waals surface area contributed by atoms with Crippen LogP contribution in [0.15, 0.2) is 47.1 Å². The minimum absolute atomic E-state index is 0.00652. The Morgan fingerprint density at radius 2 is 1.91 bits per heavy atom. The Kier molecular flexibility index (Phi) is 3.08. The molecule has 4 heteroatoms. The van der Waals surface area contributed by atoms with E-state index in [9.17, 15) is 4.79 Å². The van der Waals surface area contributed by atoms with Crippen molar-refractivity contribution in [1.29, 1.82) is 0 Å². The molecule has 3 nitrogen and oxygen atoms in total. The van der Waals surface area contributed by atoms with E-state index in [1.165, 1.54) is 11.1 Å². The van der Waals surface area contributed by atoms with E-state index in [-0.39, 0.29) is 11.8 Å². The molecule has 1 aromatic heterocycles. The zero-order valence-corrected chi connectivity index (χ0v) is 13.7. The number of carbonyl (C=O) groups is 1. The van der Waals surface area contributed by atoms with Gasteiger partial charge in [0.15, 0.2) is 0 Å². The summed E-state index contributed by atoms with van der Waals surface area (Å²) in [6.45, 7) is 2.68. The first-order chi connectivity index (χ1) is 10.6. The molecule has 1 aliphatic heterocycles. The van der Waals surface area contributed by atoms with E-state index in [0.29, 0.717) is 6.54 Å². The van der Waals surface area contributed by atoms with Gasteiger partial charge in [0, 0.05) is 34.5 Å². The normalized spacial score (nSPS) is 17.4. The van der Waals surface area contributed by atoms with Crippen LogP contribution in [0.4, 0.5) is 0 Å². The smallest absolute Gasteiger partial charge is 0.252 e. The van der Waals surface area contributed by atoms with Gasteiger partial charge in [-0.1, -0.05) is 35.9 Å². The number of rotatable bonds is 1. The molecule has 110 valence electrons. The quantitative estimate of drug-likeness (QED) is 0.678. The van der Waals surface area contributed by atoms with Crippen molar-refractivity contribution in [2.75, 3.05) is 6.54 Å². The summed E-state index contributed by atoms with van der Waals surface area (Å²) in [5.74, 6) is 0.129. The zero-order chi connectivity index (χ0) is 15.3. The number of hydrogen-bond acceptors (Lipinski definition) is 1. The molecule has 0 radical (unpaired) electrons. The SMILES string of the molecule is Cc1ccc(C2CNC(=O)c3cccc4[nH]c(Br)c2c34)cc1. The number of carbonyl (C=O) groups excluding carboxylic acids is 1. The lowest BCUT2D eigenvalue weighted by atomic mass is 9.90. The van der Waals surface area contributed by atoms with Crippen LogP contribution in [0.3, 0.4) is 0 Å². The monoisotopic (exact) mass is 354 g/mol. The summed E-state index contributed by atoms with van der Waals surface area (Å²) in [5.41, 5.74) is 5.34. The summed E-state index contributed by atoms with van der Waals surface area (Å²) in [6, 6.07) is 14.3. The van der Waals surface area contributed by atoms with Gasteiger partial charge in [0.05, 0.1) is 4.60 Å². The van der Waals surface area contributed by atoms with Gasteiger partial charge in [-0.25, -0.2) is 0 Å². The average molecular weight is 355 g/mol. The van der Waals surface area contributed by atoms with Crippen molar-refractivity contribution in [3.8, 4) is 0 Å². The van der Waals surface area contributed by atoms with Crippen LogP contribution < -0.4 is 5.32 Å². The van der Waals surface area contributed by atoms with Gasteiger partial charge < -0.3 is 10.3 Å². The highest BCUT2D eigenvalue weighted by molar-refractivity contribution is 9.10. The first-order valence-corrected chi connectivity index (χ1v) is 8.09. The maximum Gasteiger partial charge on any atom is 0.252 e. The summed E-state index contributed by atoms with van der Waals surface area (Å²) < 4.78 is 0.956. The Morgan fingerprint density at radius 3 is 2.68 bits per heavy atom. The minimum Gasteiger partial charge on any atom is -0.351 e. The van der Waals surface area contributed by atoms with E-state index in [1.807, 2.05) is 18.2 Å². The third kappa shape index (κ3) is 1.98. The fraction of sp³-hybridized carbons (Fsp3) is 0.167. The zero-order valence-electron chi connectivity index (χ0n) is 12.1. The number of nitrogens with one attached hydrogen (secondary N) is 2. The van der Waals surface area contributed by atoms with Crippen molar-refractivity contribution in [3.63, 3.8) is 0 Å². The lowest BCUT2D eigenvalue weighted by molar-refractivity contribution is 0.0956. The largest absolute Gasteiger partial charge is 0.351 e.